The Bertz CT molecular complexity index is 827. The summed E-state index contributed by atoms with van der Waals surface area (Å²) in [6.45, 7) is 7.57. The molecule has 1 saturated heterocycles. The van der Waals surface area contributed by atoms with Crippen LogP contribution in [-0.2, 0) is 16.0 Å². The van der Waals surface area contributed by atoms with E-state index < -0.39 is 6.09 Å². The molecule has 0 aliphatic carbocycles. The molecule has 1 aliphatic heterocycles. The smallest absolute Gasteiger partial charge is 0.411 e. The van der Waals surface area contributed by atoms with Crippen LogP contribution in [0.15, 0.2) is 46.8 Å². The molecule has 1 fully saturated rings. The molecule has 0 bridgehead atoms. The standard InChI is InChI=1S/C22H31N5O3S.HI/c1-3-23-21(24-15-17-6-8-18(9-7-17)26-22(28)29-2)25-16-19(20-5-4-14-31-20)27-10-12-30-13-11-27;/h4-9,14,19H,3,10-13,15-16H2,1-2H3,(H,26,28)(H2,23,24,25);1H. The van der Waals surface area contributed by atoms with Crippen molar-refractivity contribution >= 4 is 53.1 Å². The predicted molar refractivity (Wildman–Crippen MR) is 140 cm³/mol. The second kappa shape index (κ2) is 14.3. The molecule has 0 saturated carbocycles. The van der Waals surface area contributed by atoms with E-state index >= 15 is 0 Å². The zero-order chi connectivity index (χ0) is 21.9. The van der Waals surface area contributed by atoms with Crippen molar-refractivity contribution in [3.8, 4) is 0 Å². The van der Waals surface area contributed by atoms with Crippen LogP contribution < -0.4 is 16.0 Å². The van der Waals surface area contributed by atoms with Crippen molar-refractivity contribution in [1.29, 1.82) is 0 Å². The number of halogens is 1. The zero-order valence-electron chi connectivity index (χ0n) is 18.5. The van der Waals surface area contributed by atoms with Crippen molar-refractivity contribution in [2.24, 2.45) is 4.99 Å². The minimum absolute atomic E-state index is 0. The quantitative estimate of drug-likeness (QED) is 0.254. The van der Waals surface area contributed by atoms with Crippen molar-refractivity contribution in [2.75, 3.05) is 51.8 Å². The Labute approximate surface area is 210 Å². The number of methoxy groups -OCH3 is 1. The Kier molecular flexibility index (Phi) is 11.8. The van der Waals surface area contributed by atoms with E-state index in [1.165, 1.54) is 12.0 Å². The molecule has 3 rings (SSSR count). The number of ether oxygens (including phenoxy) is 2. The number of rotatable bonds is 8. The van der Waals surface area contributed by atoms with Crippen LogP contribution in [0, 0.1) is 0 Å². The molecule has 0 spiro atoms. The third-order valence-corrected chi connectivity index (χ3v) is 5.94. The van der Waals surface area contributed by atoms with Gasteiger partial charge in [-0.25, -0.2) is 9.79 Å². The van der Waals surface area contributed by atoms with Crippen molar-refractivity contribution in [2.45, 2.75) is 19.5 Å². The predicted octanol–water partition coefficient (Wildman–Crippen LogP) is 3.67. The molecule has 8 nitrogen and oxygen atoms in total. The highest BCUT2D eigenvalue weighted by molar-refractivity contribution is 14.0. The summed E-state index contributed by atoms with van der Waals surface area (Å²) in [5.41, 5.74) is 1.74. The van der Waals surface area contributed by atoms with Gasteiger partial charge in [0, 0.05) is 36.7 Å². The molecule has 0 radical (unpaired) electrons. The average molecular weight is 574 g/mol. The second-order valence-corrected chi connectivity index (χ2v) is 8.05. The highest BCUT2D eigenvalue weighted by atomic mass is 127. The Balaban J connectivity index is 0.00000363. The Hall–Kier alpha value is -1.89. The lowest BCUT2D eigenvalue weighted by molar-refractivity contribution is 0.0177. The number of carbonyl (C=O) groups excluding carboxylic acids is 1. The molecule has 1 atom stereocenters. The van der Waals surface area contributed by atoms with Gasteiger partial charge in [0.05, 0.1) is 32.9 Å². The summed E-state index contributed by atoms with van der Waals surface area (Å²) in [5.74, 6) is 0.786. The second-order valence-electron chi connectivity index (χ2n) is 7.07. The molecule has 10 heteroatoms. The van der Waals surface area contributed by atoms with Crippen LogP contribution in [0.1, 0.15) is 23.4 Å². The summed E-state index contributed by atoms with van der Waals surface area (Å²) in [7, 11) is 1.34. The molecule has 1 amide bonds. The highest BCUT2D eigenvalue weighted by Crippen LogP contribution is 2.25. The molecule has 2 aromatic rings. The number of guanidine groups is 1. The Morgan fingerprint density at radius 3 is 2.59 bits per heavy atom. The van der Waals surface area contributed by atoms with E-state index in [-0.39, 0.29) is 30.0 Å². The Morgan fingerprint density at radius 1 is 1.22 bits per heavy atom. The van der Waals surface area contributed by atoms with Crippen LogP contribution in [0.25, 0.3) is 0 Å². The minimum atomic E-state index is -0.482. The first-order chi connectivity index (χ1) is 15.2. The fourth-order valence-electron chi connectivity index (χ4n) is 3.35. The van der Waals surface area contributed by atoms with Crippen LogP contribution in [0.4, 0.5) is 10.5 Å². The molecule has 2 heterocycles. The zero-order valence-corrected chi connectivity index (χ0v) is 21.7. The van der Waals surface area contributed by atoms with Gasteiger partial charge in [0.2, 0.25) is 0 Å². The van der Waals surface area contributed by atoms with Gasteiger partial charge in [0.1, 0.15) is 0 Å². The fraction of sp³-hybridized carbons (Fsp3) is 0.455. The van der Waals surface area contributed by atoms with Gasteiger partial charge in [-0.2, -0.15) is 0 Å². The largest absolute Gasteiger partial charge is 0.453 e. The van der Waals surface area contributed by atoms with Gasteiger partial charge in [-0.15, -0.1) is 35.3 Å². The van der Waals surface area contributed by atoms with Crippen LogP contribution in [0.2, 0.25) is 0 Å². The maximum Gasteiger partial charge on any atom is 0.411 e. The first-order valence-corrected chi connectivity index (χ1v) is 11.4. The van der Waals surface area contributed by atoms with E-state index in [0.717, 1.165) is 50.9 Å². The van der Waals surface area contributed by atoms with E-state index in [2.05, 4.69) is 50.0 Å². The number of anilines is 1. The van der Waals surface area contributed by atoms with Gasteiger partial charge in [0.25, 0.3) is 0 Å². The molecule has 3 N–H and O–H groups in total. The van der Waals surface area contributed by atoms with Gasteiger partial charge in [0.15, 0.2) is 5.96 Å². The van der Waals surface area contributed by atoms with Crippen LogP contribution in [0.3, 0.4) is 0 Å². The average Bonchev–Trinajstić information content (AvgIpc) is 3.33. The Morgan fingerprint density at radius 2 is 1.97 bits per heavy atom. The van der Waals surface area contributed by atoms with E-state index in [0.29, 0.717) is 12.2 Å². The first-order valence-electron chi connectivity index (χ1n) is 10.5. The summed E-state index contributed by atoms with van der Waals surface area (Å²) < 4.78 is 10.1. The monoisotopic (exact) mass is 573 g/mol. The number of amides is 1. The van der Waals surface area contributed by atoms with Gasteiger partial charge in [-0.1, -0.05) is 18.2 Å². The minimum Gasteiger partial charge on any atom is -0.453 e. The molecule has 1 unspecified atom stereocenters. The topological polar surface area (TPSA) is 87.2 Å². The molecular formula is C22H32IN5O3S. The first kappa shape index (κ1) is 26.4. The SMILES string of the molecule is CCNC(=NCc1ccc(NC(=O)OC)cc1)NCC(c1cccs1)N1CCOCC1.I. The number of nitrogens with zero attached hydrogens (tertiary/aromatic N) is 2. The number of benzene rings is 1. The fourth-order valence-corrected chi connectivity index (χ4v) is 4.21. The maximum atomic E-state index is 11.3. The third-order valence-electron chi connectivity index (χ3n) is 4.97. The van der Waals surface area contributed by atoms with Gasteiger partial charge >= 0.3 is 6.09 Å². The summed E-state index contributed by atoms with van der Waals surface area (Å²) in [6, 6.07) is 12.2. The van der Waals surface area contributed by atoms with E-state index in [1.54, 1.807) is 11.3 Å². The molecule has 1 aromatic heterocycles. The highest BCUT2D eigenvalue weighted by Gasteiger charge is 2.23. The number of aliphatic imine (C=N–C) groups is 1. The maximum absolute atomic E-state index is 11.3. The molecule has 1 aliphatic rings. The molecular weight excluding hydrogens is 541 g/mol. The lowest BCUT2D eigenvalue weighted by Crippen LogP contribution is -2.46. The van der Waals surface area contributed by atoms with Crippen LogP contribution >= 0.6 is 35.3 Å². The normalized spacial score (nSPS) is 15.4. The summed E-state index contributed by atoms with van der Waals surface area (Å²) >= 11 is 1.79. The van der Waals surface area contributed by atoms with Crippen molar-refractivity contribution in [3.63, 3.8) is 0 Å². The van der Waals surface area contributed by atoms with Crippen molar-refractivity contribution < 1.29 is 14.3 Å². The van der Waals surface area contributed by atoms with E-state index in [1.807, 2.05) is 24.3 Å². The van der Waals surface area contributed by atoms with Crippen molar-refractivity contribution in [1.82, 2.24) is 15.5 Å². The summed E-state index contributed by atoms with van der Waals surface area (Å²) in [5, 5.41) is 11.6. The third kappa shape index (κ3) is 8.23. The van der Waals surface area contributed by atoms with Crippen LogP contribution in [-0.4, -0.2) is 63.5 Å². The van der Waals surface area contributed by atoms with E-state index in [9.17, 15) is 4.79 Å². The molecule has 32 heavy (non-hydrogen) atoms. The molecule has 1 aromatic carbocycles. The number of hydrogen-bond donors (Lipinski definition) is 3. The number of carbonyl (C=O) groups is 1. The van der Waals surface area contributed by atoms with Crippen LogP contribution in [0.5, 0.6) is 0 Å². The number of morpholine rings is 1. The number of nitrogens with one attached hydrogen (secondary N) is 3. The van der Waals surface area contributed by atoms with Gasteiger partial charge in [-0.05, 0) is 36.1 Å². The van der Waals surface area contributed by atoms with Gasteiger partial charge in [-0.3, -0.25) is 10.2 Å². The summed E-state index contributed by atoms with van der Waals surface area (Å²) in [4.78, 5) is 19.8. The number of hydrogen-bond acceptors (Lipinski definition) is 6. The lowest BCUT2D eigenvalue weighted by atomic mass is 10.2. The molecule has 176 valence electrons. The van der Waals surface area contributed by atoms with Crippen molar-refractivity contribution in [3.05, 3.63) is 52.2 Å². The van der Waals surface area contributed by atoms with Gasteiger partial charge < -0.3 is 20.1 Å². The lowest BCUT2D eigenvalue weighted by Gasteiger charge is -2.34. The van der Waals surface area contributed by atoms with E-state index in [4.69, 9.17) is 9.73 Å². The summed E-state index contributed by atoms with van der Waals surface area (Å²) in [6.07, 6.45) is -0.482. The number of thiophene rings is 1.